The van der Waals surface area contributed by atoms with Gasteiger partial charge in [0.1, 0.15) is 0 Å². The van der Waals surface area contributed by atoms with Crippen molar-refractivity contribution in [2.24, 2.45) is 11.8 Å². The lowest BCUT2D eigenvalue weighted by Gasteiger charge is -2.23. The first-order valence-electron chi connectivity index (χ1n) is 7.65. The lowest BCUT2D eigenvalue weighted by Crippen LogP contribution is -2.30. The van der Waals surface area contributed by atoms with Gasteiger partial charge in [-0.3, -0.25) is 14.5 Å². The van der Waals surface area contributed by atoms with E-state index in [2.05, 4.69) is 20.8 Å². The van der Waals surface area contributed by atoms with Crippen molar-refractivity contribution < 1.29 is 9.59 Å². The number of amides is 2. The molecule has 1 fully saturated rings. The molecule has 0 radical (unpaired) electrons. The number of hydrogen-bond acceptors (Lipinski definition) is 2. The quantitative estimate of drug-likeness (QED) is 0.615. The predicted molar refractivity (Wildman–Crippen MR) is 82.9 cm³/mol. The average Bonchev–Trinajstić information content (AvgIpc) is 2.72. The molecule has 3 rings (SSSR count). The van der Waals surface area contributed by atoms with E-state index in [4.69, 9.17) is 0 Å². The van der Waals surface area contributed by atoms with Crippen LogP contribution in [-0.4, -0.2) is 11.8 Å². The largest absolute Gasteiger partial charge is 0.274 e. The summed E-state index contributed by atoms with van der Waals surface area (Å²) in [6, 6.07) is 7.76. The van der Waals surface area contributed by atoms with Crippen LogP contribution < -0.4 is 4.90 Å². The fraction of sp³-hybridized carbons (Fsp3) is 0.444. The van der Waals surface area contributed by atoms with E-state index in [-0.39, 0.29) is 23.7 Å². The van der Waals surface area contributed by atoms with Crippen molar-refractivity contribution in [1.29, 1.82) is 0 Å². The second-order valence-corrected chi connectivity index (χ2v) is 6.21. The summed E-state index contributed by atoms with van der Waals surface area (Å²) in [6.07, 6.45) is 2.41. The number of benzene rings is 1. The first-order chi connectivity index (χ1) is 10.0. The Hall–Kier alpha value is -1.90. The molecule has 0 N–H and O–H groups in total. The number of nitrogens with zero attached hydrogens (tertiary/aromatic N) is 1. The minimum Gasteiger partial charge on any atom is -0.274 e. The van der Waals surface area contributed by atoms with Gasteiger partial charge in [0.05, 0.1) is 17.5 Å². The number of imide groups is 1. The molecular weight excluding hydrogens is 262 g/mol. The Bertz CT molecular complexity index is 595. The van der Waals surface area contributed by atoms with Crippen LogP contribution in [0.4, 0.5) is 5.69 Å². The molecule has 2 atom stereocenters. The number of carbonyl (C=O) groups excluding carboxylic acids is 2. The fourth-order valence-corrected chi connectivity index (χ4v) is 3.39. The van der Waals surface area contributed by atoms with Gasteiger partial charge in [-0.2, -0.15) is 0 Å². The van der Waals surface area contributed by atoms with Gasteiger partial charge in [0.25, 0.3) is 0 Å². The number of fused-ring (bicyclic) bond motifs is 1. The highest BCUT2D eigenvalue weighted by molar-refractivity contribution is 6.22. The Labute approximate surface area is 125 Å². The van der Waals surface area contributed by atoms with Crippen LogP contribution in [0.15, 0.2) is 35.4 Å². The van der Waals surface area contributed by atoms with Crippen molar-refractivity contribution in [3.63, 3.8) is 0 Å². The first-order valence-corrected chi connectivity index (χ1v) is 7.65. The zero-order valence-electron chi connectivity index (χ0n) is 12.8. The van der Waals surface area contributed by atoms with Gasteiger partial charge in [-0.15, -0.1) is 0 Å². The molecule has 1 heterocycles. The second kappa shape index (κ2) is 5.14. The van der Waals surface area contributed by atoms with Gasteiger partial charge < -0.3 is 0 Å². The zero-order valence-corrected chi connectivity index (χ0v) is 12.8. The molecule has 1 aliphatic carbocycles. The summed E-state index contributed by atoms with van der Waals surface area (Å²) in [5.41, 5.74) is 4.46. The van der Waals surface area contributed by atoms with E-state index in [1.807, 2.05) is 24.3 Å². The van der Waals surface area contributed by atoms with E-state index in [1.54, 1.807) is 0 Å². The highest BCUT2D eigenvalue weighted by Crippen LogP contribution is 2.42. The summed E-state index contributed by atoms with van der Waals surface area (Å²) in [5, 5.41) is 0. The summed E-state index contributed by atoms with van der Waals surface area (Å²) in [5.74, 6) is -0.374. The Morgan fingerprint density at radius 2 is 1.43 bits per heavy atom. The van der Waals surface area contributed by atoms with E-state index in [1.165, 1.54) is 21.6 Å². The number of rotatable bonds is 2. The average molecular weight is 283 g/mol. The minimum atomic E-state index is -0.160. The van der Waals surface area contributed by atoms with Crippen molar-refractivity contribution in [3.05, 3.63) is 41.0 Å². The summed E-state index contributed by atoms with van der Waals surface area (Å²) in [7, 11) is 0. The maximum atomic E-state index is 12.6. The molecule has 1 aromatic rings. The normalized spacial score (nSPS) is 25.6. The van der Waals surface area contributed by atoms with Crippen molar-refractivity contribution in [1.82, 2.24) is 0 Å². The summed E-state index contributed by atoms with van der Waals surface area (Å²) in [6.45, 7) is 6.23. The molecule has 110 valence electrons. The van der Waals surface area contributed by atoms with Crippen LogP contribution in [-0.2, 0) is 16.0 Å². The van der Waals surface area contributed by atoms with E-state index >= 15 is 0 Å². The Morgan fingerprint density at radius 1 is 0.952 bits per heavy atom. The summed E-state index contributed by atoms with van der Waals surface area (Å²) >= 11 is 0. The summed E-state index contributed by atoms with van der Waals surface area (Å²) < 4.78 is 0. The number of aryl methyl sites for hydroxylation is 1. The highest BCUT2D eigenvalue weighted by atomic mass is 16.2. The van der Waals surface area contributed by atoms with Crippen LogP contribution in [0.3, 0.4) is 0 Å². The molecule has 0 aromatic heterocycles. The summed E-state index contributed by atoms with van der Waals surface area (Å²) in [4.78, 5) is 26.7. The lowest BCUT2D eigenvalue weighted by molar-refractivity contribution is -0.122. The van der Waals surface area contributed by atoms with Crippen LogP contribution in [0, 0.1) is 11.8 Å². The maximum absolute atomic E-state index is 12.6. The molecule has 0 saturated carbocycles. The SMILES string of the molecule is CCc1ccc(N2C(=O)[C@H]3CC(C)=C(C)C[C@H]3C2=O)cc1. The number of anilines is 1. The topological polar surface area (TPSA) is 37.4 Å². The Kier molecular flexibility index (Phi) is 3.44. The van der Waals surface area contributed by atoms with E-state index < -0.39 is 0 Å². The van der Waals surface area contributed by atoms with Gasteiger partial charge >= 0.3 is 0 Å². The third-order valence-corrected chi connectivity index (χ3v) is 4.94. The van der Waals surface area contributed by atoms with E-state index in [9.17, 15) is 9.59 Å². The molecule has 0 spiro atoms. The number of allylic oxidation sites excluding steroid dienone is 2. The van der Waals surface area contributed by atoms with Gasteiger partial charge in [-0.25, -0.2) is 0 Å². The molecule has 3 heteroatoms. The smallest absolute Gasteiger partial charge is 0.238 e. The molecule has 21 heavy (non-hydrogen) atoms. The van der Waals surface area contributed by atoms with Crippen molar-refractivity contribution in [2.45, 2.75) is 40.0 Å². The van der Waals surface area contributed by atoms with Crippen LogP contribution in [0.5, 0.6) is 0 Å². The third kappa shape index (κ3) is 2.21. The molecule has 2 amide bonds. The van der Waals surface area contributed by atoms with Crippen LogP contribution in [0.2, 0.25) is 0 Å². The van der Waals surface area contributed by atoms with Crippen molar-refractivity contribution in [2.75, 3.05) is 4.90 Å². The fourth-order valence-electron chi connectivity index (χ4n) is 3.39. The predicted octanol–water partition coefficient (Wildman–Crippen LogP) is 3.48. The second-order valence-electron chi connectivity index (χ2n) is 6.21. The molecule has 1 saturated heterocycles. The van der Waals surface area contributed by atoms with Crippen molar-refractivity contribution >= 4 is 17.5 Å². The molecule has 1 aliphatic heterocycles. The number of carbonyl (C=O) groups is 2. The van der Waals surface area contributed by atoms with E-state index in [0.717, 1.165) is 19.3 Å². The lowest BCUT2D eigenvalue weighted by atomic mass is 9.78. The molecule has 2 aliphatic rings. The van der Waals surface area contributed by atoms with Gasteiger partial charge in [0.15, 0.2) is 0 Å². The molecule has 0 unspecified atom stereocenters. The van der Waals surface area contributed by atoms with E-state index in [0.29, 0.717) is 5.69 Å². The van der Waals surface area contributed by atoms with Crippen LogP contribution in [0.25, 0.3) is 0 Å². The highest BCUT2D eigenvalue weighted by Gasteiger charge is 2.49. The maximum Gasteiger partial charge on any atom is 0.238 e. The van der Waals surface area contributed by atoms with Gasteiger partial charge in [0, 0.05) is 0 Å². The number of hydrogen-bond donors (Lipinski definition) is 0. The van der Waals surface area contributed by atoms with Gasteiger partial charge in [-0.1, -0.05) is 30.2 Å². The molecule has 1 aromatic carbocycles. The zero-order chi connectivity index (χ0) is 15.1. The Balaban J connectivity index is 1.92. The standard InChI is InChI=1S/C18H21NO2/c1-4-13-5-7-14(8-6-13)19-17(20)15-9-11(2)12(3)10-16(15)18(19)21/h5-8,15-16H,4,9-10H2,1-3H3/t15-,16+. The first kappa shape index (κ1) is 14.1. The van der Waals surface area contributed by atoms with Crippen LogP contribution in [0.1, 0.15) is 39.2 Å². The van der Waals surface area contributed by atoms with Gasteiger partial charge in [0.2, 0.25) is 11.8 Å². The van der Waals surface area contributed by atoms with Crippen molar-refractivity contribution in [3.8, 4) is 0 Å². The Morgan fingerprint density at radius 3 is 1.86 bits per heavy atom. The monoisotopic (exact) mass is 283 g/mol. The molecule has 0 bridgehead atoms. The molecule has 3 nitrogen and oxygen atoms in total. The van der Waals surface area contributed by atoms with Crippen LogP contribution >= 0.6 is 0 Å². The third-order valence-electron chi connectivity index (χ3n) is 4.94. The van der Waals surface area contributed by atoms with Gasteiger partial charge in [-0.05, 0) is 50.8 Å². The molecular formula is C18H21NO2. The minimum absolute atomic E-state index is 0.0268.